The lowest BCUT2D eigenvalue weighted by Crippen LogP contribution is -2.43. The average molecular weight is 506 g/mol. The van der Waals surface area contributed by atoms with Gasteiger partial charge in [0.25, 0.3) is 0 Å². The van der Waals surface area contributed by atoms with Crippen molar-refractivity contribution in [2.75, 3.05) is 6.54 Å². The maximum atomic E-state index is 4.80. The van der Waals surface area contributed by atoms with Crippen molar-refractivity contribution in [3.63, 3.8) is 0 Å². The molecule has 0 radical (unpaired) electrons. The van der Waals surface area contributed by atoms with Crippen LogP contribution in [0.15, 0.2) is 41.5 Å². The molecule has 0 saturated carbocycles. The second-order valence-corrected chi connectivity index (χ2v) is 7.21. The van der Waals surface area contributed by atoms with Gasteiger partial charge >= 0.3 is 0 Å². The summed E-state index contributed by atoms with van der Waals surface area (Å²) < 4.78 is 1.95. The molecule has 0 saturated heterocycles. The standard InChI is InChI=1S/C22H30N6.HI/c1-6-23-22(26-15(2)13-20-16(3)27-28(5)17(20)4)25-14-19-10-7-9-18-11-8-12-24-21(18)19;/h7-12,15H,6,13-14H2,1-5H3,(H2,23,25,26);1H. The summed E-state index contributed by atoms with van der Waals surface area (Å²) in [5, 5.41) is 12.5. The zero-order chi connectivity index (χ0) is 20.1. The van der Waals surface area contributed by atoms with Crippen LogP contribution in [0.25, 0.3) is 10.9 Å². The highest BCUT2D eigenvalue weighted by Crippen LogP contribution is 2.17. The Morgan fingerprint density at radius 2 is 1.97 bits per heavy atom. The quantitative estimate of drug-likeness (QED) is 0.303. The highest BCUT2D eigenvalue weighted by atomic mass is 127. The molecule has 156 valence electrons. The molecule has 0 spiro atoms. The fraction of sp³-hybridized carbons (Fsp3) is 0.409. The molecule has 0 aliphatic rings. The molecular weight excluding hydrogens is 475 g/mol. The lowest BCUT2D eigenvalue weighted by Gasteiger charge is -2.18. The number of nitrogens with zero attached hydrogens (tertiary/aromatic N) is 4. The van der Waals surface area contributed by atoms with Crippen molar-refractivity contribution in [2.45, 2.75) is 46.7 Å². The maximum Gasteiger partial charge on any atom is 0.191 e. The first-order valence-electron chi connectivity index (χ1n) is 9.86. The molecule has 1 atom stereocenters. The molecule has 3 rings (SSSR count). The largest absolute Gasteiger partial charge is 0.357 e. The van der Waals surface area contributed by atoms with E-state index in [-0.39, 0.29) is 30.0 Å². The summed E-state index contributed by atoms with van der Waals surface area (Å²) in [6.07, 6.45) is 2.74. The van der Waals surface area contributed by atoms with Gasteiger partial charge in [0.15, 0.2) is 5.96 Å². The lowest BCUT2D eigenvalue weighted by atomic mass is 10.1. The number of hydrogen-bond donors (Lipinski definition) is 2. The Hall–Kier alpha value is -2.16. The number of rotatable bonds is 6. The van der Waals surface area contributed by atoms with Crippen LogP contribution in [0.2, 0.25) is 0 Å². The van der Waals surface area contributed by atoms with E-state index in [0.717, 1.165) is 41.1 Å². The number of halogens is 1. The van der Waals surface area contributed by atoms with Crippen molar-refractivity contribution in [3.8, 4) is 0 Å². The fourth-order valence-electron chi connectivity index (χ4n) is 3.48. The number of aryl methyl sites for hydroxylation is 2. The van der Waals surface area contributed by atoms with Crippen LogP contribution in [0, 0.1) is 13.8 Å². The number of pyridine rings is 1. The molecule has 3 aromatic rings. The summed E-state index contributed by atoms with van der Waals surface area (Å²) in [6, 6.07) is 10.5. The first-order valence-corrected chi connectivity index (χ1v) is 9.86. The molecule has 1 unspecified atom stereocenters. The number of aliphatic imine (C=N–C) groups is 1. The van der Waals surface area contributed by atoms with Gasteiger partial charge in [-0.25, -0.2) is 4.99 Å². The number of nitrogens with one attached hydrogen (secondary N) is 2. The lowest BCUT2D eigenvalue weighted by molar-refractivity contribution is 0.636. The molecule has 1 aromatic carbocycles. The molecule has 2 aromatic heterocycles. The van der Waals surface area contributed by atoms with Crippen molar-refractivity contribution >= 4 is 40.8 Å². The van der Waals surface area contributed by atoms with Crippen LogP contribution in [0.3, 0.4) is 0 Å². The van der Waals surface area contributed by atoms with Crippen LogP contribution in [-0.4, -0.2) is 33.3 Å². The highest BCUT2D eigenvalue weighted by Gasteiger charge is 2.14. The van der Waals surface area contributed by atoms with Crippen molar-refractivity contribution in [1.82, 2.24) is 25.4 Å². The minimum atomic E-state index is 0. The van der Waals surface area contributed by atoms with Gasteiger partial charge in [0.05, 0.1) is 17.8 Å². The van der Waals surface area contributed by atoms with E-state index in [1.165, 1.54) is 11.3 Å². The minimum Gasteiger partial charge on any atom is -0.357 e. The van der Waals surface area contributed by atoms with E-state index in [1.54, 1.807) is 0 Å². The van der Waals surface area contributed by atoms with Crippen LogP contribution in [0.5, 0.6) is 0 Å². The van der Waals surface area contributed by atoms with E-state index in [4.69, 9.17) is 4.99 Å². The predicted molar refractivity (Wildman–Crippen MR) is 131 cm³/mol. The number of guanidine groups is 1. The van der Waals surface area contributed by atoms with E-state index in [0.29, 0.717) is 6.54 Å². The molecule has 7 heteroatoms. The zero-order valence-corrected chi connectivity index (χ0v) is 20.2. The second kappa shape index (κ2) is 10.6. The van der Waals surface area contributed by atoms with Crippen LogP contribution in [0.1, 0.15) is 36.4 Å². The summed E-state index contributed by atoms with van der Waals surface area (Å²) >= 11 is 0. The van der Waals surface area contributed by atoms with Crippen molar-refractivity contribution in [3.05, 3.63) is 59.0 Å². The molecule has 0 bridgehead atoms. The molecule has 2 N–H and O–H groups in total. The van der Waals surface area contributed by atoms with Gasteiger partial charge in [0.1, 0.15) is 0 Å². The number of benzene rings is 1. The Morgan fingerprint density at radius 3 is 2.66 bits per heavy atom. The van der Waals surface area contributed by atoms with Crippen molar-refractivity contribution in [2.24, 2.45) is 12.0 Å². The van der Waals surface area contributed by atoms with Gasteiger partial charge in [-0.15, -0.1) is 24.0 Å². The van der Waals surface area contributed by atoms with Crippen LogP contribution < -0.4 is 10.6 Å². The minimum absolute atomic E-state index is 0. The predicted octanol–water partition coefficient (Wildman–Crippen LogP) is 3.89. The normalized spacial score (nSPS) is 12.5. The Labute approximate surface area is 190 Å². The third kappa shape index (κ3) is 5.68. The van der Waals surface area contributed by atoms with Crippen LogP contribution in [0.4, 0.5) is 0 Å². The second-order valence-electron chi connectivity index (χ2n) is 7.21. The number of aromatic nitrogens is 3. The molecular formula is C22H31IN6. The maximum absolute atomic E-state index is 4.80. The van der Waals surface area contributed by atoms with Gasteiger partial charge in [0.2, 0.25) is 0 Å². The summed E-state index contributed by atoms with van der Waals surface area (Å²) in [5.74, 6) is 0.821. The smallest absolute Gasteiger partial charge is 0.191 e. The van der Waals surface area contributed by atoms with Gasteiger partial charge in [-0.3, -0.25) is 9.67 Å². The van der Waals surface area contributed by atoms with Crippen LogP contribution >= 0.6 is 24.0 Å². The first kappa shape index (κ1) is 23.1. The highest BCUT2D eigenvalue weighted by molar-refractivity contribution is 14.0. The Bertz CT molecular complexity index is 973. The van der Waals surface area contributed by atoms with Gasteiger partial charge in [-0.2, -0.15) is 5.10 Å². The molecule has 0 aliphatic carbocycles. The van der Waals surface area contributed by atoms with E-state index in [9.17, 15) is 0 Å². The molecule has 2 heterocycles. The number of fused-ring (bicyclic) bond motifs is 1. The summed E-state index contributed by atoms with van der Waals surface area (Å²) in [4.78, 5) is 9.32. The Morgan fingerprint density at radius 1 is 1.21 bits per heavy atom. The molecule has 29 heavy (non-hydrogen) atoms. The number of hydrogen-bond acceptors (Lipinski definition) is 3. The SMILES string of the molecule is CCNC(=NCc1cccc2cccnc12)NC(C)Cc1c(C)nn(C)c1C.I. The summed E-state index contributed by atoms with van der Waals surface area (Å²) in [7, 11) is 1.99. The molecule has 0 fully saturated rings. The van der Waals surface area contributed by atoms with Gasteiger partial charge in [-0.1, -0.05) is 24.3 Å². The fourth-order valence-corrected chi connectivity index (χ4v) is 3.48. The third-order valence-corrected chi connectivity index (χ3v) is 5.02. The number of para-hydroxylation sites is 1. The first-order chi connectivity index (χ1) is 13.5. The summed E-state index contributed by atoms with van der Waals surface area (Å²) in [5.41, 5.74) is 5.75. The van der Waals surface area contributed by atoms with E-state index >= 15 is 0 Å². The van der Waals surface area contributed by atoms with Gasteiger partial charge < -0.3 is 10.6 Å². The molecule has 0 amide bonds. The average Bonchev–Trinajstić information content (AvgIpc) is 2.92. The van der Waals surface area contributed by atoms with Gasteiger partial charge in [-0.05, 0) is 51.3 Å². The van der Waals surface area contributed by atoms with Crippen molar-refractivity contribution < 1.29 is 0 Å². The summed E-state index contributed by atoms with van der Waals surface area (Å²) in [6.45, 7) is 9.85. The molecule has 6 nitrogen and oxygen atoms in total. The van der Waals surface area contributed by atoms with E-state index in [1.807, 2.05) is 24.0 Å². The Kier molecular flexibility index (Phi) is 8.43. The van der Waals surface area contributed by atoms with Crippen molar-refractivity contribution in [1.29, 1.82) is 0 Å². The van der Waals surface area contributed by atoms with Crippen LogP contribution in [-0.2, 0) is 20.0 Å². The topological polar surface area (TPSA) is 67.1 Å². The van der Waals surface area contributed by atoms with Gasteiger partial charge in [0, 0.05) is 36.9 Å². The zero-order valence-electron chi connectivity index (χ0n) is 17.9. The van der Waals surface area contributed by atoms with E-state index < -0.39 is 0 Å². The molecule has 0 aliphatic heterocycles. The Balaban J connectivity index is 0.00000300. The van der Waals surface area contributed by atoms with E-state index in [2.05, 4.69) is 72.7 Å². The third-order valence-electron chi connectivity index (χ3n) is 5.02. The monoisotopic (exact) mass is 506 g/mol.